The van der Waals surface area contributed by atoms with Crippen LogP contribution in [0.2, 0.25) is 0 Å². The lowest BCUT2D eigenvalue weighted by molar-refractivity contribution is 0.326. The van der Waals surface area contributed by atoms with Crippen LogP contribution in [0, 0.1) is 0 Å². The van der Waals surface area contributed by atoms with Gasteiger partial charge in [-0.25, -0.2) is 0 Å². The third-order valence-corrected chi connectivity index (χ3v) is 2.72. The second-order valence-corrected chi connectivity index (χ2v) is 3.96. The first-order valence-electron chi connectivity index (χ1n) is 5.30. The first-order chi connectivity index (χ1) is 7.22. The summed E-state index contributed by atoms with van der Waals surface area (Å²) in [4.78, 5) is 0. The summed E-state index contributed by atoms with van der Waals surface area (Å²) in [7, 11) is 0. The predicted octanol–water partition coefficient (Wildman–Crippen LogP) is 3.81. The summed E-state index contributed by atoms with van der Waals surface area (Å²) >= 11 is 3.48. The molecule has 0 heterocycles. The molecule has 0 amide bonds. The van der Waals surface area contributed by atoms with Crippen molar-refractivity contribution in [1.29, 1.82) is 0 Å². The molecule has 1 aromatic rings. The Morgan fingerprint density at radius 3 is 2.13 bits per heavy atom. The van der Waals surface area contributed by atoms with Crippen LogP contribution in [0.5, 0.6) is 11.5 Å². The molecule has 3 heteroatoms. The molecule has 0 atom stereocenters. The van der Waals surface area contributed by atoms with Gasteiger partial charge in [0.15, 0.2) is 0 Å². The predicted molar refractivity (Wildman–Crippen MR) is 65.9 cm³/mol. The molecule has 0 N–H and O–H groups in total. The highest BCUT2D eigenvalue weighted by Crippen LogP contribution is 2.33. The van der Waals surface area contributed by atoms with Crippen LogP contribution in [0.4, 0.5) is 0 Å². The minimum absolute atomic E-state index is 0.676. The van der Waals surface area contributed by atoms with Crippen LogP contribution >= 0.6 is 15.9 Å². The van der Waals surface area contributed by atoms with Gasteiger partial charge in [-0.3, -0.25) is 0 Å². The Hall–Kier alpha value is -0.700. The second-order valence-electron chi connectivity index (χ2n) is 3.11. The van der Waals surface area contributed by atoms with Gasteiger partial charge in [-0.2, -0.15) is 0 Å². The van der Waals surface area contributed by atoms with E-state index in [2.05, 4.69) is 22.9 Å². The van der Waals surface area contributed by atoms with Crippen molar-refractivity contribution in [3.8, 4) is 11.5 Å². The Morgan fingerprint density at radius 2 is 1.60 bits per heavy atom. The van der Waals surface area contributed by atoms with E-state index in [0.717, 1.165) is 22.4 Å². The topological polar surface area (TPSA) is 18.5 Å². The monoisotopic (exact) mass is 272 g/mol. The third-order valence-electron chi connectivity index (χ3n) is 2.10. The number of hydrogen-bond donors (Lipinski definition) is 0. The van der Waals surface area contributed by atoms with Crippen molar-refractivity contribution in [1.82, 2.24) is 0 Å². The zero-order valence-electron chi connectivity index (χ0n) is 9.47. The van der Waals surface area contributed by atoms with Gasteiger partial charge in [0.2, 0.25) is 0 Å². The molecule has 15 heavy (non-hydrogen) atoms. The second kappa shape index (κ2) is 6.01. The van der Waals surface area contributed by atoms with Crippen LogP contribution in [0.1, 0.15) is 26.3 Å². The Labute approximate surface area is 99.7 Å². The Kier molecular flexibility index (Phi) is 4.95. The van der Waals surface area contributed by atoms with Gasteiger partial charge in [0, 0.05) is 0 Å². The molecule has 0 bridgehead atoms. The molecule has 0 saturated heterocycles. The molecule has 2 nitrogen and oxygen atoms in total. The van der Waals surface area contributed by atoms with E-state index in [1.807, 2.05) is 26.0 Å². The Morgan fingerprint density at radius 1 is 1.00 bits per heavy atom. The third kappa shape index (κ3) is 3.13. The number of hydrogen-bond acceptors (Lipinski definition) is 2. The van der Waals surface area contributed by atoms with Crippen LogP contribution in [0.25, 0.3) is 0 Å². The SMILES string of the molecule is CCOc1cc(CC)c(OCC)cc1Br. The van der Waals surface area contributed by atoms with E-state index >= 15 is 0 Å². The van der Waals surface area contributed by atoms with Gasteiger partial charge >= 0.3 is 0 Å². The molecule has 0 aliphatic heterocycles. The van der Waals surface area contributed by atoms with E-state index in [0.29, 0.717) is 13.2 Å². The van der Waals surface area contributed by atoms with Crippen molar-refractivity contribution >= 4 is 15.9 Å². The van der Waals surface area contributed by atoms with Crippen LogP contribution in [-0.2, 0) is 6.42 Å². The molecule has 0 saturated carbocycles. The van der Waals surface area contributed by atoms with Crippen LogP contribution < -0.4 is 9.47 Å². The van der Waals surface area contributed by atoms with Crippen molar-refractivity contribution in [2.75, 3.05) is 13.2 Å². The molecule has 0 aromatic heterocycles. The lowest BCUT2D eigenvalue weighted by Gasteiger charge is -2.13. The molecule has 0 fully saturated rings. The van der Waals surface area contributed by atoms with Gasteiger partial charge in [0.1, 0.15) is 11.5 Å². The van der Waals surface area contributed by atoms with Gasteiger partial charge in [-0.1, -0.05) is 6.92 Å². The highest BCUT2D eigenvalue weighted by molar-refractivity contribution is 9.10. The molecule has 1 rings (SSSR count). The zero-order valence-corrected chi connectivity index (χ0v) is 11.1. The molecule has 0 aliphatic carbocycles. The lowest BCUT2D eigenvalue weighted by Crippen LogP contribution is -1.99. The molecular weight excluding hydrogens is 256 g/mol. The van der Waals surface area contributed by atoms with E-state index in [9.17, 15) is 0 Å². The quantitative estimate of drug-likeness (QED) is 0.812. The summed E-state index contributed by atoms with van der Waals surface area (Å²) in [6, 6.07) is 4.02. The summed E-state index contributed by atoms with van der Waals surface area (Å²) in [5.41, 5.74) is 1.18. The number of aryl methyl sites for hydroxylation is 1. The highest BCUT2D eigenvalue weighted by atomic mass is 79.9. The molecular formula is C12H17BrO2. The fraction of sp³-hybridized carbons (Fsp3) is 0.500. The minimum Gasteiger partial charge on any atom is -0.494 e. The molecule has 0 spiro atoms. The van der Waals surface area contributed by atoms with Gasteiger partial charge in [0.05, 0.1) is 17.7 Å². The zero-order chi connectivity index (χ0) is 11.3. The lowest BCUT2D eigenvalue weighted by atomic mass is 10.1. The van der Waals surface area contributed by atoms with Crippen LogP contribution in [0.15, 0.2) is 16.6 Å². The average molecular weight is 273 g/mol. The van der Waals surface area contributed by atoms with Gasteiger partial charge < -0.3 is 9.47 Å². The van der Waals surface area contributed by atoms with Crippen molar-refractivity contribution in [3.63, 3.8) is 0 Å². The summed E-state index contributed by atoms with van der Waals surface area (Å²) in [5, 5.41) is 0. The standard InChI is InChI=1S/C12H17BrO2/c1-4-9-7-12(15-6-3)10(13)8-11(9)14-5-2/h7-8H,4-6H2,1-3H3. The highest BCUT2D eigenvalue weighted by Gasteiger charge is 2.08. The fourth-order valence-electron chi connectivity index (χ4n) is 1.41. The molecule has 1 aromatic carbocycles. The van der Waals surface area contributed by atoms with E-state index < -0.39 is 0 Å². The summed E-state index contributed by atoms with van der Waals surface area (Å²) in [6.07, 6.45) is 0.947. The van der Waals surface area contributed by atoms with Gasteiger partial charge in [-0.05, 0) is 53.9 Å². The van der Waals surface area contributed by atoms with Crippen molar-refractivity contribution in [2.45, 2.75) is 27.2 Å². The van der Waals surface area contributed by atoms with Gasteiger partial charge in [-0.15, -0.1) is 0 Å². The summed E-state index contributed by atoms with van der Waals surface area (Å²) < 4.78 is 12.0. The van der Waals surface area contributed by atoms with E-state index in [1.165, 1.54) is 5.56 Å². The first kappa shape index (κ1) is 12.4. The Balaban J connectivity index is 3.04. The normalized spacial score (nSPS) is 10.1. The van der Waals surface area contributed by atoms with Crippen LogP contribution in [0.3, 0.4) is 0 Å². The fourth-order valence-corrected chi connectivity index (χ4v) is 1.85. The average Bonchev–Trinajstić information content (AvgIpc) is 2.22. The number of ether oxygens (including phenoxy) is 2. The first-order valence-corrected chi connectivity index (χ1v) is 6.10. The van der Waals surface area contributed by atoms with E-state index in [4.69, 9.17) is 9.47 Å². The van der Waals surface area contributed by atoms with Crippen molar-refractivity contribution in [3.05, 3.63) is 22.2 Å². The number of benzene rings is 1. The maximum absolute atomic E-state index is 5.56. The molecule has 0 aliphatic rings. The van der Waals surface area contributed by atoms with Crippen molar-refractivity contribution < 1.29 is 9.47 Å². The van der Waals surface area contributed by atoms with E-state index in [-0.39, 0.29) is 0 Å². The number of rotatable bonds is 5. The molecule has 84 valence electrons. The maximum atomic E-state index is 5.56. The van der Waals surface area contributed by atoms with Crippen molar-refractivity contribution in [2.24, 2.45) is 0 Å². The summed E-state index contributed by atoms with van der Waals surface area (Å²) in [5.74, 6) is 1.83. The Bertz CT molecular complexity index is 324. The molecule has 0 radical (unpaired) electrons. The largest absolute Gasteiger partial charge is 0.494 e. The van der Waals surface area contributed by atoms with Crippen LogP contribution in [-0.4, -0.2) is 13.2 Å². The molecule has 0 unspecified atom stereocenters. The minimum atomic E-state index is 0.676. The smallest absolute Gasteiger partial charge is 0.133 e. The summed E-state index contributed by atoms with van der Waals surface area (Å²) in [6.45, 7) is 7.45. The van der Waals surface area contributed by atoms with Gasteiger partial charge in [0.25, 0.3) is 0 Å². The maximum Gasteiger partial charge on any atom is 0.133 e. The number of halogens is 1. The van der Waals surface area contributed by atoms with E-state index in [1.54, 1.807) is 0 Å².